The Morgan fingerprint density at radius 1 is 1.73 bits per heavy atom. The maximum atomic E-state index is 4.09. The summed E-state index contributed by atoms with van der Waals surface area (Å²) in [5, 5.41) is 7.95. The maximum Gasteiger partial charge on any atom is 0.135 e. The van der Waals surface area contributed by atoms with Crippen molar-refractivity contribution in [3.05, 3.63) is 12.2 Å². The van der Waals surface area contributed by atoms with Gasteiger partial charge in [0.1, 0.15) is 12.2 Å². The largest absolute Gasteiger partial charge is 0.320 e. The molecule has 0 bridgehead atoms. The quantitative estimate of drug-likeness (QED) is 0.638. The van der Waals surface area contributed by atoms with Crippen molar-refractivity contribution in [1.82, 2.24) is 14.8 Å². The highest BCUT2D eigenvalue weighted by Gasteiger charge is 2.39. The summed E-state index contributed by atoms with van der Waals surface area (Å²) in [6.45, 7) is 2.24. The van der Waals surface area contributed by atoms with Crippen molar-refractivity contribution < 1.29 is 0 Å². The average molecular weight is 151 g/mol. The first-order valence-corrected chi connectivity index (χ1v) is 4.16. The van der Waals surface area contributed by atoms with Gasteiger partial charge in [-0.25, -0.2) is 0 Å². The number of nitrogens with zero attached hydrogens (tertiary/aromatic N) is 3. The van der Waals surface area contributed by atoms with E-state index in [1.54, 1.807) is 6.33 Å². The van der Waals surface area contributed by atoms with Gasteiger partial charge in [-0.3, -0.25) is 0 Å². The second-order valence-electron chi connectivity index (χ2n) is 3.31. The van der Waals surface area contributed by atoms with Crippen LogP contribution in [0.2, 0.25) is 0 Å². The van der Waals surface area contributed by atoms with Crippen molar-refractivity contribution in [3.8, 4) is 0 Å². The molecule has 1 fully saturated rings. The van der Waals surface area contributed by atoms with Crippen LogP contribution < -0.4 is 0 Å². The van der Waals surface area contributed by atoms with Crippen LogP contribution in [0.15, 0.2) is 6.33 Å². The fourth-order valence-corrected chi connectivity index (χ4v) is 1.64. The molecule has 0 spiro atoms. The van der Waals surface area contributed by atoms with Gasteiger partial charge < -0.3 is 4.57 Å². The topological polar surface area (TPSA) is 30.7 Å². The number of aromatic nitrogens is 3. The molecule has 1 aromatic heterocycles. The molecule has 2 rings (SSSR count). The Morgan fingerprint density at radius 2 is 2.55 bits per heavy atom. The number of hydrogen-bond acceptors (Lipinski definition) is 2. The average Bonchev–Trinajstić information content (AvgIpc) is 2.68. The molecule has 0 saturated heterocycles. The summed E-state index contributed by atoms with van der Waals surface area (Å²) in [5.41, 5.74) is 0. The first-order chi connectivity index (χ1) is 5.33. The molecule has 2 atom stereocenters. The predicted octanol–water partition coefficient (Wildman–Crippen LogP) is 1.33. The van der Waals surface area contributed by atoms with Gasteiger partial charge in [0.15, 0.2) is 0 Å². The summed E-state index contributed by atoms with van der Waals surface area (Å²) >= 11 is 0. The van der Waals surface area contributed by atoms with Gasteiger partial charge in [-0.1, -0.05) is 13.3 Å². The highest BCUT2D eigenvalue weighted by molar-refractivity contribution is 5.09. The maximum absolute atomic E-state index is 4.09. The fraction of sp³-hybridized carbons (Fsp3) is 0.750. The van der Waals surface area contributed by atoms with Crippen LogP contribution in [0.5, 0.6) is 0 Å². The lowest BCUT2D eigenvalue weighted by molar-refractivity contribution is 0.711. The van der Waals surface area contributed by atoms with Crippen LogP contribution in [-0.2, 0) is 7.05 Å². The van der Waals surface area contributed by atoms with E-state index in [9.17, 15) is 0 Å². The molecule has 11 heavy (non-hydrogen) atoms. The monoisotopic (exact) mass is 151 g/mol. The first kappa shape index (κ1) is 6.83. The Morgan fingerprint density at radius 3 is 3.00 bits per heavy atom. The van der Waals surface area contributed by atoms with Crippen LogP contribution in [0.1, 0.15) is 31.5 Å². The van der Waals surface area contributed by atoms with E-state index in [1.165, 1.54) is 12.8 Å². The minimum atomic E-state index is 0.701. The van der Waals surface area contributed by atoms with Crippen LogP contribution in [0.3, 0.4) is 0 Å². The molecule has 0 aromatic carbocycles. The molecule has 0 aliphatic heterocycles. The van der Waals surface area contributed by atoms with E-state index in [1.807, 2.05) is 11.6 Å². The van der Waals surface area contributed by atoms with Gasteiger partial charge in [-0.05, 0) is 12.3 Å². The predicted molar refractivity (Wildman–Crippen MR) is 42.1 cm³/mol. The standard InChI is InChI=1S/C8H13N3/c1-3-6-4-7(6)8-10-9-5-11(8)2/h5-7H,3-4H2,1-2H3. The first-order valence-electron chi connectivity index (χ1n) is 4.16. The molecule has 3 heteroatoms. The zero-order valence-electron chi connectivity index (χ0n) is 6.99. The molecular formula is C8H13N3. The Hall–Kier alpha value is -0.860. The van der Waals surface area contributed by atoms with Crippen molar-refractivity contribution in [3.63, 3.8) is 0 Å². The summed E-state index contributed by atoms with van der Waals surface area (Å²) in [5.74, 6) is 2.74. The van der Waals surface area contributed by atoms with Crippen LogP contribution >= 0.6 is 0 Å². The number of rotatable bonds is 2. The van der Waals surface area contributed by atoms with Gasteiger partial charge in [0.2, 0.25) is 0 Å². The zero-order chi connectivity index (χ0) is 7.84. The molecule has 0 N–H and O–H groups in total. The van der Waals surface area contributed by atoms with Crippen molar-refractivity contribution in [2.45, 2.75) is 25.7 Å². The lowest BCUT2D eigenvalue weighted by atomic mass is 10.2. The Kier molecular flexibility index (Phi) is 1.44. The molecule has 1 saturated carbocycles. The minimum absolute atomic E-state index is 0.701. The molecule has 3 nitrogen and oxygen atoms in total. The fourth-order valence-electron chi connectivity index (χ4n) is 1.64. The highest BCUT2D eigenvalue weighted by Crippen LogP contribution is 2.48. The minimum Gasteiger partial charge on any atom is -0.320 e. The van der Waals surface area contributed by atoms with E-state index in [4.69, 9.17) is 0 Å². The summed E-state index contributed by atoms with van der Waals surface area (Å²) in [6.07, 6.45) is 4.36. The van der Waals surface area contributed by atoms with Gasteiger partial charge in [0.25, 0.3) is 0 Å². The van der Waals surface area contributed by atoms with E-state index >= 15 is 0 Å². The van der Waals surface area contributed by atoms with E-state index < -0.39 is 0 Å². The zero-order valence-corrected chi connectivity index (χ0v) is 6.99. The van der Waals surface area contributed by atoms with Gasteiger partial charge in [0, 0.05) is 13.0 Å². The van der Waals surface area contributed by atoms with E-state index in [0.717, 1.165) is 11.7 Å². The summed E-state index contributed by atoms with van der Waals surface area (Å²) in [4.78, 5) is 0. The van der Waals surface area contributed by atoms with Crippen LogP contribution in [0, 0.1) is 5.92 Å². The van der Waals surface area contributed by atoms with Crippen LogP contribution in [0.4, 0.5) is 0 Å². The Labute approximate surface area is 66.4 Å². The second kappa shape index (κ2) is 2.32. The SMILES string of the molecule is CCC1CC1c1nncn1C. The molecule has 1 aliphatic rings. The van der Waals surface area contributed by atoms with Crippen LogP contribution in [0.25, 0.3) is 0 Å². The Balaban J connectivity index is 2.14. The highest BCUT2D eigenvalue weighted by atomic mass is 15.3. The lowest BCUT2D eigenvalue weighted by Gasteiger charge is -1.95. The Bertz CT molecular complexity index is 254. The molecular weight excluding hydrogens is 138 g/mol. The van der Waals surface area contributed by atoms with E-state index in [0.29, 0.717) is 5.92 Å². The third-order valence-corrected chi connectivity index (χ3v) is 2.53. The van der Waals surface area contributed by atoms with Gasteiger partial charge in [-0.15, -0.1) is 10.2 Å². The van der Waals surface area contributed by atoms with Crippen molar-refractivity contribution in [2.75, 3.05) is 0 Å². The molecule has 60 valence electrons. The van der Waals surface area contributed by atoms with Crippen molar-refractivity contribution in [2.24, 2.45) is 13.0 Å². The summed E-state index contributed by atoms with van der Waals surface area (Å²) in [7, 11) is 2.01. The molecule has 1 aromatic rings. The normalized spacial score (nSPS) is 28.9. The molecule has 0 amide bonds. The second-order valence-corrected chi connectivity index (χ2v) is 3.31. The summed E-state index contributed by atoms with van der Waals surface area (Å²) < 4.78 is 2.03. The third-order valence-electron chi connectivity index (χ3n) is 2.53. The van der Waals surface area contributed by atoms with E-state index in [-0.39, 0.29) is 0 Å². The summed E-state index contributed by atoms with van der Waals surface area (Å²) in [6, 6.07) is 0. The number of aryl methyl sites for hydroxylation is 1. The van der Waals surface area contributed by atoms with Gasteiger partial charge >= 0.3 is 0 Å². The number of hydrogen-bond donors (Lipinski definition) is 0. The molecule has 1 aliphatic carbocycles. The third kappa shape index (κ3) is 1.04. The van der Waals surface area contributed by atoms with Gasteiger partial charge in [-0.2, -0.15) is 0 Å². The van der Waals surface area contributed by atoms with Crippen LogP contribution in [-0.4, -0.2) is 14.8 Å². The molecule has 1 heterocycles. The van der Waals surface area contributed by atoms with Crippen molar-refractivity contribution >= 4 is 0 Å². The molecule has 0 radical (unpaired) electrons. The van der Waals surface area contributed by atoms with Gasteiger partial charge in [0.05, 0.1) is 0 Å². The van der Waals surface area contributed by atoms with E-state index in [2.05, 4.69) is 17.1 Å². The molecule has 2 unspecified atom stereocenters. The smallest absolute Gasteiger partial charge is 0.135 e. The lowest BCUT2D eigenvalue weighted by Crippen LogP contribution is -1.95. The van der Waals surface area contributed by atoms with Crippen molar-refractivity contribution in [1.29, 1.82) is 0 Å².